The maximum absolute atomic E-state index is 12.6. The van der Waals surface area contributed by atoms with Gasteiger partial charge in [-0.25, -0.2) is 4.79 Å². The summed E-state index contributed by atoms with van der Waals surface area (Å²) in [5.41, 5.74) is -0.593. The minimum absolute atomic E-state index is 0.190. The second-order valence-electron chi connectivity index (χ2n) is 3.81. The van der Waals surface area contributed by atoms with Crippen LogP contribution in [0.2, 0.25) is 0 Å². The van der Waals surface area contributed by atoms with Crippen LogP contribution in [0.5, 0.6) is 0 Å². The van der Waals surface area contributed by atoms with Crippen LogP contribution < -0.4 is 5.32 Å². The number of carbonyl (C=O) groups is 1. The minimum atomic E-state index is -4.43. The number of hydrogen-bond donors (Lipinski definition) is 1. The molecule has 0 bridgehead atoms. The summed E-state index contributed by atoms with van der Waals surface area (Å²) in [6.07, 6.45) is -4.43. The number of nitrogens with one attached hydrogen (secondary N) is 1. The SMILES string of the molecule is CCOC(=O)C(C)Nc1cc(C(F)(F)F)ccc1Br. The zero-order chi connectivity index (χ0) is 14.6. The largest absolute Gasteiger partial charge is 0.464 e. The molecule has 19 heavy (non-hydrogen) atoms. The van der Waals surface area contributed by atoms with Gasteiger partial charge in [0.05, 0.1) is 12.2 Å². The Kier molecular flexibility index (Phi) is 5.22. The van der Waals surface area contributed by atoms with Crippen molar-refractivity contribution >= 4 is 27.6 Å². The zero-order valence-electron chi connectivity index (χ0n) is 10.3. The van der Waals surface area contributed by atoms with Gasteiger partial charge in [0.1, 0.15) is 6.04 Å². The van der Waals surface area contributed by atoms with Gasteiger partial charge in [-0.1, -0.05) is 0 Å². The average molecular weight is 340 g/mol. The van der Waals surface area contributed by atoms with Crippen LogP contribution in [-0.2, 0) is 15.7 Å². The van der Waals surface area contributed by atoms with E-state index >= 15 is 0 Å². The van der Waals surface area contributed by atoms with Crippen LogP contribution in [0, 0.1) is 0 Å². The van der Waals surface area contributed by atoms with Crippen molar-refractivity contribution in [2.75, 3.05) is 11.9 Å². The van der Waals surface area contributed by atoms with Crippen molar-refractivity contribution in [3.05, 3.63) is 28.2 Å². The predicted molar refractivity (Wildman–Crippen MR) is 68.9 cm³/mol. The molecule has 3 nitrogen and oxygen atoms in total. The summed E-state index contributed by atoms with van der Waals surface area (Å²) in [5.74, 6) is -0.521. The smallest absolute Gasteiger partial charge is 0.416 e. The van der Waals surface area contributed by atoms with E-state index in [-0.39, 0.29) is 12.3 Å². The first-order valence-corrected chi connectivity index (χ1v) is 6.35. The molecule has 7 heteroatoms. The topological polar surface area (TPSA) is 38.3 Å². The Bertz CT molecular complexity index is 463. The number of esters is 1. The quantitative estimate of drug-likeness (QED) is 0.847. The van der Waals surface area contributed by atoms with Gasteiger partial charge in [0, 0.05) is 10.2 Å². The molecule has 0 radical (unpaired) electrons. The number of carbonyl (C=O) groups excluding carboxylic acids is 1. The van der Waals surface area contributed by atoms with Crippen molar-refractivity contribution in [1.82, 2.24) is 0 Å². The van der Waals surface area contributed by atoms with Crippen LogP contribution in [0.15, 0.2) is 22.7 Å². The second-order valence-corrected chi connectivity index (χ2v) is 4.66. The predicted octanol–water partition coefficient (Wildman–Crippen LogP) is 3.83. The van der Waals surface area contributed by atoms with Crippen molar-refractivity contribution in [2.45, 2.75) is 26.1 Å². The third-order valence-corrected chi connectivity index (χ3v) is 3.00. The van der Waals surface area contributed by atoms with Crippen LogP contribution in [0.1, 0.15) is 19.4 Å². The maximum atomic E-state index is 12.6. The van der Waals surface area contributed by atoms with Gasteiger partial charge in [0.25, 0.3) is 0 Å². The first-order valence-electron chi connectivity index (χ1n) is 5.55. The molecule has 0 aromatic heterocycles. The van der Waals surface area contributed by atoms with Gasteiger partial charge in [-0.15, -0.1) is 0 Å². The van der Waals surface area contributed by atoms with E-state index in [9.17, 15) is 18.0 Å². The summed E-state index contributed by atoms with van der Waals surface area (Å²) in [5, 5.41) is 2.69. The Morgan fingerprint density at radius 1 is 1.47 bits per heavy atom. The molecule has 0 heterocycles. The highest BCUT2D eigenvalue weighted by Crippen LogP contribution is 2.34. The van der Waals surface area contributed by atoms with E-state index in [4.69, 9.17) is 4.74 Å². The Morgan fingerprint density at radius 2 is 2.11 bits per heavy atom. The molecular formula is C12H13BrF3NO2. The molecule has 0 spiro atoms. The van der Waals surface area contributed by atoms with Crippen molar-refractivity contribution < 1.29 is 22.7 Å². The standard InChI is InChI=1S/C12H13BrF3NO2/c1-3-19-11(18)7(2)17-10-6-8(12(14,15)16)4-5-9(10)13/h4-7,17H,3H2,1-2H3. The van der Waals surface area contributed by atoms with Gasteiger partial charge in [-0.3, -0.25) is 0 Å². The van der Waals surface area contributed by atoms with E-state index in [1.54, 1.807) is 6.92 Å². The number of ether oxygens (including phenoxy) is 1. The molecule has 1 N–H and O–H groups in total. The second kappa shape index (κ2) is 6.27. The lowest BCUT2D eigenvalue weighted by Gasteiger charge is -2.16. The maximum Gasteiger partial charge on any atom is 0.416 e. The summed E-state index contributed by atoms with van der Waals surface area (Å²) in [4.78, 5) is 11.4. The fourth-order valence-corrected chi connectivity index (χ4v) is 1.73. The van der Waals surface area contributed by atoms with Gasteiger partial charge < -0.3 is 10.1 Å². The average Bonchev–Trinajstić information content (AvgIpc) is 2.30. The highest BCUT2D eigenvalue weighted by Gasteiger charge is 2.31. The molecule has 1 unspecified atom stereocenters. The van der Waals surface area contributed by atoms with Crippen LogP contribution >= 0.6 is 15.9 Å². The lowest BCUT2D eigenvalue weighted by Crippen LogP contribution is -2.28. The number of halogens is 4. The number of rotatable bonds is 4. The fraction of sp³-hybridized carbons (Fsp3) is 0.417. The van der Waals surface area contributed by atoms with E-state index in [0.29, 0.717) is 4.47 Å². The van der Waals surface area contributed by atoms with Crippen molar-refractivity contribution in [1.29, 1.82) is 0 Å². The highest BCUT2D eigenvalue weighted by molar-refractivity contribution is 9.10. The first kappa shape index (κ1) is 15.8. The van der Waals surface area contributed by atoms with E-state index < -0.39 is 23.8 Å². The third kappa shape index (κ3) is 4.41. The molecular weight excluding hydrogens is 327 g/mol. The van der Waals surface area contributed by atoms with Gasteiger partial charge in [0.15, 0.2) is 0 Å². The molecule has 0 aliphatic carbocycles. The summed E-state index contributed by atoms with van der Waals surface area (Å²) >= 11 is 3.13. The fourth-order valence-electron chi connectivity index (χ4n) is 1.37. The molecule has 0 saturated carbocycles. The molecule has 0 aliphatic rings. The summed E-state index contributed by atoms with van der Waals surface area (Å²) in [6.45, 7) is 3.39. The molecule has 1 rings (SSSR count). The summed E-state index contributed by atoms with van der Waals surface area (Å²) < 4.78 is 43.0. The van der Waals surface area contributed by atoms with Gasteiger partial charge >= 0.3 is 12.1 Å². The van der Waals surface area contributed by atoms with Crippen LogP contribution in [0.25, 0.3) is 0 Å². The molecule has 0 saturated heterocycles. The molecule has 0 amide bonds. The zero-order valence-corrected chi connectivity index (χ0v) is 11.9. The number of anilines is 1. The van der Waals surface area contributed by atoms with Gasteiger partial charge in [-0.05, 0) is 48.0 Å². The lowest BCUT2D eigenvalue weighted by atomic mass is 10.2. The van der Waals surface area contributed by atoms with Crippen LogP contribution in [-0.4, -0.2) is 18.6 Å². The highest BCUT2D eigenvalue weighted by atomic mass is 79.9. The van der Waals surface area contributed by atoms with E-state index in [2.05, 4.69) is 21.2 Å². The van der Waals surface area contributed by atoms with E-state index in [0.717, 1.165) is 12.1 Å². The summed E-state index contributed by atoms with van der Waals surface area (Å²) in [6, 6.07) is 2.45. The molecule has 0 aliphatic heterocycles. The van der Waals surface area contributed by atoms with Crippen molar-refractivity contribution in [3.8, 4) is 0 Å². The molecule has 0 fully saturated rings. The number of alkyl halides is 3. The van der Waals surface area contributed by atoms with Gasteiger partial charge in [-0.2, -0.15) is 13.2 Å². The Balaban J connectivity index is 2.91. The molecule has 106 valence electrons. The first-order chi connectivity index (χ1) is 8.75. The Hall–Kier alpha value is -1.24. The third-order valence-electron chi connectivity index (χ3n) is 2.31. The number of benzene rings is 1. The molecule has 1 aromatic carbocycles. The monoisotopic (exact) mass is 339 g/mol. The summed E-state index contributed by atoms with van der Waals surface area (Å²) in [7, 11) is 0. The van der Waals surface area contributed by atoms with Gasteiger partial charge in [0.2, 0.25) is 0 Å². The van der Waals surface area contributed by atoms with E-state index in [1.165, 1.54) is 13.0 Å². The Morgan fingerprint density at radius 3 is 2.63 bits per heavy atom. The molecule has 1 aromatic rings. The van der Waals surface area contributed by atoms with Crippen molar-refractivity contribution in [3.63, 3.8) is 0 Å². The molecule has 1 atom stereocenters. The normalized spacial score (nSPS) is 12.9. The number of hydrogen-bond acceptors (Lipinski definition) is 3. The Labute approximate surface area is 117 Å². The van der Waals surface area contributed by atoms with Crippen molar-refractivity contribution in [2.24, 2.45) is 0 Å². The van der Waals surface area contributed by atoms with Crippen LogP contribution in [0.4, 0.5) is 18.9 Å². The minimum Gasteiger partial charge on any atom is -0.464 e. The van der Waals surface area contributed by atoms with Crippen LogP contribution in [0.3, 0.4) is 0 Å². The lowest BCUT2D eigenvalue weighted by molar-refractivity contribution is -0.143. The van der Waals surface area contributed by atoms with E-state index in [1.807, 2.05) is 0 Å².